The summed E-state index contributed by atoms with van der Waals surface area (Å²) >= 11 is 0. The van der Waals surface area contributed by atoms with Gasteiger partial charge in [-0.05, 0) is 52.6 Å². The van der Waals surface area contributed by atoms with Crippen molar-refractivity contribution >= 4 is 23.6 Å². The molecule has 174 valence electrons. The van der Waals surface area contributed by atoms with Crippen LogP contribution in [0.3, 0.4) is 0 Å². The Morgan fingerprint density at radius 1 is 1.19 bits per heavy atom. The Morgan fingerprint density at radius 3 is 2.78 bits per heavy atom. The lowest BCUT2D eigenvalue weighted by molar-refractivity contribution is 0.0789. The van der Waals surface area contributed by atoms with Crippen LogP contribution in [0.25, 0.3) is 10.9 Å². The highest BCUT2D eigenvalue weighted by Crippen LogP contribution is 2.29. The van der Waals surface area contributed by atoms with Gasteiger partial charge in [0.2, 0.25) is 11.8 Å². The van der Waals surface area contributed by atoms with E-state index in [-0.39, 0.29) is 6.10 Å². The molecule has 9 nitrogen and oxygen atoms in total. The van der Waals surface area contributed by atoms with E-state index in [1.807, 2.05) is 32.3 Å². The van der Waals surface area contributed by atoms with Crippen molar-refractivity contribution in [3.8, 4) is 5.75 Å². The van der Waals surface area contributed by atoms with Gasteiger partial charge in [-0.1, -0.05) is 12.1 Å². The standard InChI is InChI=1S/C23H34N6O3/c1-24-11-12-30-13-14-31-21(16-25-2)28-23-27-15-17-5-4-6-20(22(17)29-23)32-19-9-7-18(26-3)8-10-19/h4-6,15-16,18-19,24,26H,2,7-14H2,1,3H3,(H,27,28,29)/b21-16-. The summed E-state index contributed by atoms with van der Waals surface area (Å²) in [5.74, 6) is 1.57. The lowest BCUT2D eigenvalue weighted by atomic mass is 9.93. The smallest absolute Gasteiger partial charge is 0.230 e. The topological polar surface area (TPSA) is 102 Å². The third kappa shape index (κ3) is 7.15. The van der Waals surface area contributed by atoms with Crippen LogP contribution < -0.4 is 20.7 Å². The summed E-state index contributed by atoms with van der Waals surface area (Å²) < 4.78 is 17.5. The number of nitrogens with one attached hydrogen (secondary N) is 3. The van der Waals surface area contributed by atoms with Gasteiger partial charge in [-0.25, -0.2) is 9.97 Å². The average Bonchev–Trinajstić information content (AvgIpc) is 2.82. The highest BCUT2D eigenvalue weighted by Gasteiger charge is 2.22. The molecule has 1 aromatic heterocycles. The van der Waals surface area contributed by atoms with E-state index in [9.17, 15) is 0 Å². The molecule has 0 aliphatic heterocycles. The second-order valence-electron chi connectivity index (χ2n) is 7.63. The zero-order valence-electron chi connectivity index (χ0n) is 19.0. The summed E-state index contributed by atoms with van der Waals surface area (Å²) in [6.07, 6.45) is 7.75. The minimum absolute atomic E-state index is 0.197. The molecule has 1 aliphatic carbocycles. The van der Waals surface area contributed by atoms with Crippen molar-refractivity contribution in [1.29, 1.82) is 0 Å². The van der Waals surface area contributed by atoms with Gasteiger partial charge >= 0.3 is 0 Å². The van der Waals surface area contributed by atoms with E-state index < -0.39 is 0 Å². The fourth-order valence-electron chi connectivity index (χ4n) is 3.62. The first-order chi connectivity index (χ1) is 15.7. The summed E-state index contributed by atoms with van der Waals surface area (Å²) in [6, 6.07) is 6.49. The molecule has 1 saturated carbocycles. The Morgan fingerprint density at radius 2 is 2.03 bits per heavy atom. The average molecular weight is 443 g/mol. The second kappa shape index (κ2) is 12.9. The third-order valence-corrected chi connectivity index (χ3v) is 5.38. The molecule has 0 bridgehead atoms. The molecule has 9 heteroatoms. The van der Waals surface area contributed by atoms with Crippen molar-refractivity contribution in [2.75, 3.05) is 45.8 Å². The molecule has 1 aliphatic rings. The first kappa shape index (κ1) is 23.9. The molecule has 0 spiro atoms. The molecular weight excluding hydrogens is 408 g/mol. The molecule has 0 atom stereocenters. The molecular formula is C23H34N6O3. The Kier molecular flexibility index (Phi) is 9.67. The van der Waals surface area contributed by atoms with Crippen molar-refractivity contribution in [3.05, 3.63) is 36.5 Å². The maximum absolute atomic E-state index is 6.34. The number of para-hydroxylation sites is 1. The fraction of sp³-hybridized carbons (Fsp3) is 0.522. The number of ether oxygens (including phenoxy) is 3. The van der Waals surface area contributed by atoms with Crippen molar-refractivity contribution in [3.63, 3.8) is 0 Å². The molecule has 0 saturated heterocycles. The van der Waals surface area contributed by atoms with Crippen molar-refractivity contribution < 1.29 is 14.2 Å². The SMILES string of the molecule is C=N/C=C(/Nc1ncc2cccc(OC3CCC(NC)CC3)c2n1)OCCOCCNC. The number of rotatable bonds is 13. The summed E-state index contributed by atoms with van der Waals surface area (Å²) in [5, 5.41) is 10.4. The minimum atomic E-state index is 0.197. The van der Waals surface area contributed by atoms with E-state index in [0.29, 0.717) is 37.7 Å². The highest BCUT2D eigenvalue weighted by atomic mass is 16.5. The van der Waals surface area contributed by atoms with Gasteiger partial charge in [0.15, 0.2) is 0 Å². The maximum Gasteiger partial charge on any atom is 0.230 e. The number of likely N-dealkylation sites (N-methyl/N-ethyl adjacent to an activating group) is 1. The van der Waals surface area contributed by atoms with Crippen LogP contribution in [0.4, 0.5) is 5.95 Å². The van der Waals surface area contributed by atoms with E-state index in [2.05, 4.69) is 37.6 Å². The Balaban J connectivity index is 1.64. The van der Waals surface area contributed by atoms with Crippen LogP contribution >= 0.6 is 0 Å². The largest absolute Gasteiger partial charge is 0.488 e. The number of nitrogens with zero attached hydrogens (tertiary/aromatic N) is 3. The van der Waals surface area contributed by atoms with Crippen LogP contribution in [-0.4, -0.2) is 69.3 Å². The lowest BCUT2D eigenvalue weighted by Gasteiger charge is -2.28. The molecule has 3 rings (SSSR count). The molecule has 32 heavy (non-hydrogen) atoms. The normalized spacial score (nSPS) is 19.0. The van der Waals surface area contributed by atoms with Crippen LogP contribution in [0.5, 0.6) is 5.75 Å². The van der Waals surface area contributed by atoms with Gasteiger partial charge in [-0.3, -0.25) is 10.3 Å². The number of hydrogen-bond donors (Lipinski definition) is 3. The van der Waals surface area contributed by atoms with Gasteiger partial charge in [0, 0.05) is 24.2 Å². The third-order valence-electron chi connectivity index (χ3n) is 5.38. The van der Waals surface area contributed by atoms with Gasteiger partial charge in [0.1, 0.15) is 17.9 Å². The first-order valence-electron chi connectivity index (χ1n) is 11.1. The number of aliphatic imine (C=N–C) groups is 1. The van der Waals surface area contributed by atoms with Crippen LogP contribution in [-0.2, 0) is 9.47 Å². The molecule has 0 amide bonds. The van der Waals surface area contributed by atoms with Crippen LogP contribution in [0.1, 0.15) is 25.7 Å². The Hall–Kier alpha value is -2.75. The monoisotopic (exact) mass is 442 g/mol. The van der Waals surface area contributed by atoms with Gasteiger partial charge in [0.25, 0.3) is 0 Å². The lowest BCUT2D eigenvalue weighted by Crippen LogP contribution is -2.34. The number of benzene rings is 1. The maximum atomic E-state index is 6.34. The van der Waals surface area contributed by atoms with E-state index in [4.69, 9.17) is 14.2 Å². The molecule has 3 N–H and O–H groups in total. The fourth-order valence-corrected chi connectivity index (χ4v) is 3.62. The summed E-state index contributed by atoms with van der Waals surface area (Å²) in [4.78, 5) is 12.9. The first-order valence-corrected chi connectivity index (χ1v) is 11.1. The molecule has 1 aromatic carbocycles. The van der Waals surface area contributed by atoms with Crippen molar-refractivity contribution in [2.45, 2.75) is 37.8 Å². The van der Waals surface area contributed by atoms with E-state index in [0.717, 1.165) is 48.9 Å². The van der Waals surface area contributed by atoms with Gasteiger partial charge in [-0.15, -0.1) is 0 Å². The number of aromatic nitrogens is 2. The van der Waals surface area contributed by atoms with Crippen LogP contribution in [0, 0.1) is 0 Å². The van der Waals surface area contributed by atoms with Crippen LogP contribution in [0.15, 0.2) is 41.5 Å². The van der Waals surface area contributed by atoms with Crippen molar-refractivity contribution in [2.24, 2.45) is 4.99 Å². The van der Waals surface area contributed by atoms with E-state index >= 15 is 0 Å². The second-order valence-corrected chi connectivity index (χ2v) is 7.63. The number of anilines is 1. The molecule has 2 aromatic rings. The molecule has 1 heterocycles. The van der Waals surface area contributed by atoms with Gasteiger partial charge < -0.3 is 24.8 Å². The minimum Gasteiger partial charge on any atom is -0.488 e. The van der Waals surface area contributed by atoms with E-state index in [1.54, 1.807) is 6.20 Å². The van der Waals surface area contributed by atoms with Gasteiger partial charge in [-0.2, -0.15) is 0 Å². The zero-order chi connectivity index (χ0) is 22.6. The summed E-state index contributed by atoms with van der Waals surface area (Å²) in [5.41, 5.74) is 0.766. The molecule has 1 fully saturated rings. The van der Waals surface area contributed by atoms with Crippen LogP contribution in [0.2, 0.25) is 0 Å². The predicted molar refractivity (Wildman–Crippen MR) is 127 cm³/mol. The Labute approximate surface area is 189 Å². The number of hydrogen-bond acceptors (Lipinski definition) is 9. The summed E-state index contributed by atoms with van der Waals surface area (Å²) in [7, 11) is 3.90. The van der Waals surface area contributed by atoms with Gasteiger partial charge in [0.05, 0.1) is 25.5 Å². The highest BCUT2D eigenvalue weighted by molar-refractivity contribution is 5.84. The van der Waals surface area contributed by atoms with E-state index in [1.165, 1.54) is 6.20 Å². The Bertz CT molecular complexity index is 883. The quantitative estimate of drug-likeness (QED) is 0.247. The molecule has 0 unspecified atom stereocenters. The zero-order valence-corrected chi connectivity index (χ0v) is 19.0. The molecule has 0 radical (unpaired) electrons. The predicted octanol–water partition coefficient (Wildman–Crippen LogP) is 2.70. The number of fused-ring (bicyclic) bond motifs is 1. The van der Waals surface area contributed by atoms with Crippen molar-refractivity contribution in [1.82, 2.24) is 20.6 Å². The summed E-state index contributed by atoms with van der Waals surface area (Å²) in [6.45, 7) is 5.75.